The van der Waals surface area contributed by atoms with Gasteiger partial charge in [0.15, 0.2) is 0 Å². The van der Waals surface area contributed by atoms with Crippen molar-refractivity contribution in [2.75, 3.05) is 0 Å². The van der Waals surface area contributed by atoms with Crippen LogP contribution in [0, 0.1) is 5.41 Å². The normalized spacial score (nSPS) is 30.8. The van der Waals surface area contributed by atoms with Gasteiger partial charge in [0.05, 0.1) is 0 Å². The molecule has 0 radical (unpaired) electrons. The molecular formula is C10F20. The Morgan fingerprint density at radius 1 is 0.267 bits per heavy atom. The second kappa shape index (κ2) is 5.69. The lowest BCUT2D eigenvalue weighted by Crippen LogP contribution is -2.86. The minimum absolute atomic E-state index is 8.72. The Balaban J connectivity index is 4.58. The monoisotopic (exact) mass is 500 g/mol. The van der Waals surface area contributed by atoms with Gasteiger partial charge in [0, 0.05) is 0 Å². The van der Waals surface area contributed by atoms with Gasteiger partial charge >= 0.3 is 53.8 Å². The standard InChI is InChI=1S/C10F20/c11-2(12)1(9(25,26)27,10(28,29)30)3(13,14)5(17,18)7(21,22)8(23,24)6(19,20)4(2,15)16. The minimum atomic E-state index is -9.39. The quantitative estimate of drug-likeness (QED) is 0.331. The van der Waals surface area contributed by atoms with Gasteiger partial charge in [-0.25, -0.2) is 0 Å². The Kier molecular flexibility index (Phi) is 5.05. The van der Waals surface area contributed by atoms with Crippen LogP contribution in [-0.2, 0) is 0 Å². The van der Waals surface area contributed by atoms with Crippen LogP contribution in [0.3, 0.4) is 0 Å². The van der Waals surface area contributed by atoms with Crippen molar-refractivity contribution in [3.63, 3.8) is 0 Å². The average molecular weight is 500 g/mol. The first-order valence-electron chi connectivity index (χ1n) is 6.28. The number of hydrogen-bond acceptors (Lipinski definition) is 0. The molecule has 1 rings (SSSR count). The summed E-state index contributed by atoms with van der Waals surface area (Å²) >= 11 is 0. The van der Waals surface area contributed by atoms with E-state index in [1.165, 1.54) is 0 Å². The van der Waals surface area contributed by atoms with E-state index in [0.717, 1.165) is 0 Å². The molecule has 0 aromatic rings. The van der Waals surface area contributed by atoms with Crippen molar-refractivity contribution in [2.45, 2.75) is 53.8 Å². The maximum absolute atomic E-state index is 13.6. The molecule has 30 heavy (non-hydrogen) atoms. The van der Waals surface area contributed by atoms with Crippen molar-refractivity contribution in [3.05, 3.63) is 0 Å². The molecule has 0 aliphatic heterocycles. The van der Waals surface area contributed by atoms with Gasteiger partial charge < -0.3 is 0 Å². The van der Waals surface area contributed by atoms with E-state index in [2.05, 4.69) is 0 Å². The van der Waals surface area contributed by atoms with E-state index < -0.39 is 59.2 Å². The Bertz CT molecular complexity index is 629. The predicted octanol–water partition coefficient (Wildman–Crippen LogP) is 6.56. The highest BCUT2D eigenvalue weighted by atomic mass is 19.4. The predicted molar refractivity (Wildman–Crippen MR) is 49.2 cm³/mol. The van der Waals surface area contributed by atoms with Crippen LogP contribution in [0.5, 0.6) is 0 Å². The van der Waals surface area contributed by atoms with Gasteiger partial charge in [-0.3, -0.25) is 0 Å². The van der Waals surface area contributed by atoms with Gasteiger partial charge in [-0.1, -0.05) is 0 Å². The average Bonchev–Trinajstić information content (AvgIpc) is 2.41. The van der Waals surface area contributed by atoms with Gasteiger partial charge in [0.25, 0.3) is 5.41 Å². The number of hydrogen-bond donors (Lipinski definition) is 0. The highest BCUT2D eigenvalue weighted by Crippen LogP contribution is 2.77. The molecule has 20 heteroatoms. The van der Waals surface area contributed by atoms with Crippen LogP contribution >= 0.6 is 0 Å². The molecule has 1 fully saturated rings. The zero-order chi connectivity index (χ0) is 25.0. The molecule has 0 amide bonds. The van der Waals surface area contributed by atoms with Crippen molar-refractivity contribution in [1.29, 1.82) is 0 Å². The molecule has 0 atom stereocenters. The SMILES string of the molecule is FC(F)(F)C1(C(F)(F)F)C(F)(F)C(F)(F)C(F)(F)C(F)(F)C(F)(F)C(F)(F)C1(F)F. The molecule has 1 saturated carbocycles. The van der Waals surface area contributed by atoms with Gasteiger partial charge in [-0.05, 0) is 0 Å². The summed E-state index contributed by atoms with van der Waals surface area (Å²) in [6.45, 7) is 0. The van der Waals surface area contributed by atoms with Crippen molar-refractivity contribution in [3.8, 4) is 0 Å². The van der Waals surface area contributed by atoms with Gasteiger partial charge in [0.2, 0.25) is 0 Å². The van der Waals surface area contributed by atoms with Crippen LogP contribution in [0.1, 0.15) is 0 Å². The maximum Gasteiger partial charge on any atom is 0.415 e. The van der Waals surface area contributed by atoms with Crippen molar-refractivity contribution >= 4 is 0 Å². The Morgan fingerprint density at radius 2 is 0.400 bits per heavy atom. The van der Waals surface area contributed by atoms with Gasteiger partial charge in [-0.2, -0.15) is 87.8 Å². The smallest absolute Gasteiger partial charge is 0.198 e. The summed E-state index contributed by atoms with van der Waals surface area (Å²) in [6.07, 6.45) is -17.7. The minimum Gasteiger partial charge on any atom is -0.198 e. The largest absolute Gasteiger partial charge is 0.415 e. The summed E-state index contributed by atoms with van der Waals surface area (Å²) in [5.41, 5.74) is -9.39. The van der Waals surface area contributed by atoms with E-state index in [-0.39, 0.29) is 0 Å². The third kappa shape index (κ3) is 2.22. The third-order valence-corrected chi connectivity index (χ3v) is 4.16. The van der Waals surface area contributed by atoms with Gasteiger partial charge in [-0.15, -0.1) is 0 Å². The molecule has 180 valence electrons. The zero-order valence-electron chi connectivity index (χ0n) is 12.6. The fraction of sp³-hybridized carbons (Fsp3) is 1.00. The molecule has 1 aliphatic rings. The Labute approximate surface area is 148 Å². The molecule has 0 aromatic heterocycles. The van der Waals surface area contributed by atoms with E-state index in [1.54, 1.807) is 0 Å². The van der Waals surface area contributed by atoms with Crippen LogP contribution in [0.15, 0.2) is 0 Å². The fourth-order valence-corrected chi connectivity index (χ4v) is 2.53. The molecule has 0 N–H and O–H groups in total. The number of alkyl halides is 20. The highest BCUT2D eigenvalue weighted by Gasteiger charge is 3.08. The molecule has 0 aromatic carbocycles. The first kappa shape index (κ1) is 26.6. The zero-order valence-corrected chi connectivity index (χ0v) is 12.6. The summed E-state index contributed by atoms with van der Waals surface area (Å²) in [7, 11) is 0. The molecule has 0 unspecified atom stereocenters. The van der Waals surface area contributed by atoms with Crippen LogP contribution in [0.25, 0.3) is 0 Å². The summed E-state index contributed by atoms with van der Waals surface area (Å²) in [5.74, 6) is -63.1. The Hall–Kier alpha value is -1.40. The lowest BCUT2D eigenvalue weighted by molar-refractivity contribution is -0.549. The molecule has 1 aliphatic carbocycles. The van der Waals surface area contributed by atoms with Crippen molar-refractivity contribution in [2.24, 2.45) is 5.41 Å². The molecule has 0 bridgehead atoms. The van der Waals surface area contributed by atoms with Crippen LogP contribution in [0.4, 0.5) is 87.8 Å². The van der Waals surface area contributed by atoms with Crippen molar-refractivity contribution < 1.29 is 87.8 Å². The second-order valence-electron chi connectivity index (χ2n) is 5.77. The summed E-state index contributed by atoms with van der Waals surface area (Å²) in [4.78, 5) is 0. The van der Waals surface area contributed by atoms with Crippen LogP contribution in [0.2, 0.25) is 0 Å². The molecular weight excluding hydrogens is 500 g/mol. The number of rotatable bonds is 0. The van der Waals surface area contributed by atoms with Gasteiger partial charge in [0.1, 0.15) is 0 Å². The second-order valence-corrected chi connectivity index (χ2v) is 5.77. The first-order valence-corrected chi connectivity index (χ1v) is 6.28. The van der Waals surface area contributed by atoms with Crippen LogP contribution < -0.4 is 0 Å². The third-order valence-electron chi connectivity index (χ3n) is 4.16. The topological polar surface area (TPSA) is 0 Å². The molecule has 0 nitrogen and oxygen atoms in total. The molecule has 0 heterocycles. The fourth-order valence-electron chi connectivity index (χ4n) is 2.53. The van der Waals surface area contributed by atoms with Crippen LogP contribution in [-0.4, -0.2) is 53.8 Å². The molecule has 0 spiro atoms. The first-order chi connectivity index (χ1) is 12.5. The number of halogens is 20. The van der Waals surface area contributed by atoms with E-state index in [4.69, 9.17) is 0 Å². The maximum atomic E-state index is 13.6. The summed E-state index contributed by atoms with van der Waals surface area (Å²) in [5, 5.41) is 0. The lowest BCUT2D eigenvalue weighted by atomic mass is 9.64. The van der Waals surface area contributed by atoms with E-state index in [9.17, 15) is 87.8 Å². The van der Waals surface area contributed by atoms with Crippen molar-refractivity contribution in [1.82, 2.24) is 0 Å². The lowest BCUT2D eigenvalue weighted by Gasteiger charge is -2.55. The highest BCUT2D eigenvalue weighted by molar-refractivity contribution is 5.28. The molecule has 0 saturated heterocycles. The summed E-state index contributed by atoms with van der Waals surface area (Å²) in [6, 6.07) is 0. The van der Waals surface area contributed by atoms with E-state index in [1.807, 2.05) is 0 Å². The van der Waals surface area contributed by atoms with E-state index >= 15 is 0 Å². The Morgan fingerprint density at radius 3 is 0.533 bits per heavy atom. The summed E-state index contributed by atoms with van der Waals surface area (Å²) < 4.78 is 263. The van der Waals surface area contributed by atoms with E-state index in [0.29, 0.717) is 0 Å².